The van der Waals surface area contributed by atoms with Crippen molar-refractivity contribution in [2.75, 3.05) is 38.2 Å². The van der Waals surface area contributed by atoms with Crippen LogP contribution >= 0.6 is 0 Å². The maximum absolute atomic E-state index is 12.3. The van der Waals surface area contributed by atoms with Crippen molar-refractivity contribution in [1.82, 2.24) is 14.7 Å². The predicted octanol–water partition coefficient (Wildman–Crippen LogP) is 4.91. The second-order valence-electron chi connectivity index (χ2n) is 9.28. The number of rotatable bonds is 4. The van der Waals surface area contributed by atoms with Gasteiger partial charge in [0.2, 0.25) is 0 Å². The van der Waals surface area contributed by atoms with Crippen LogP contribution in [-0.2, 0) is 4.74 Å². The molecule has 0 bridgehead atoms. The van der Waals surface area contributed by atoms with E-state index in [1.807, 2.05) is 50.7 Å². The van der Waals surface area contributed by atoms with E-state index in [4.69, 9.17) is 9.47 Å². The van der Waals surface area contributed by atoms with Crippen LogP contribution in [0.1, 0.15) is 26.3 Å². The average Bonchev–Trinajstić information content (AvgIpc) is 3.28. The molecule has 2 heterocycles. The van der Waals surface area contributed by atoms with Gasteiger partial charge in [0.05, 0.1) is 24.7 Å². The number of aromatic nitrogens is 2. The maximum atomic E-state index is 12.3. The molecule has 1 fully saturated rings. The molecule has 0 spiro atoms. The molecule has 33 heavy (non-hydrogen) atoms. The van der Waals surface area contributed by atoms with Crippen molar-refractivity contribution >= 4 is 11.8 Å². The minimum atomic E-state index is -0.472. The maximum Gasteiger partial charge on any atom is 0.410 e. The first-order valence-corrected chi connectivity index (χ1v) is 11.3. The highest BCUT2D eigenvalue weighted by molar-refractivity contribution is 5.69. The molecule has 174 valence electrons. The molecule has 0 N–H and O–H groups in total. The van der Waals surface area contributed by atoms with E-state index in [-0.39, 0.29) is 6.09 Å². The average molecular weight is 449 g/mol. The van der Waals surface area contributed by atoms with Gasteiger partial charge in [-0.3, -0.25) is 0 Å². The zero-order valence-corrected chi connectivity index (χ0v) is 20.0. The lowest BCUT2D eigenvalue weighted by molar-refractivity contribution is 0.0240. The zero-order valence-electron chi connectivity index (χ0n) is 20.0. The Balaban J connectivity index is 1.45. The molecule has 0 saturated carbocycles. The van der Waals surface area contributed by atoms with Crippen molar-refractivity contribution in [3.05, 3.63) is 60.3 Å². The lowest BCUT2D eigenvalue weighted by atomic mass is 10.1. The van der Waals surface area contributed by atoms with Crippen LogP contribution in [0.4, 0.5) is 10.5 Å². The molecule has 1 aliphatic heterocycles. The highest BCUT2D eigenvalue weighted by atomic mass is 16.6. The van der Waals surface area contributed by atoms with E-state index in [0.29, 0.717) is 13.1 Å². The van der Waals surface area contributed by atoms with E-state index in [2.05, 4.69) is 46.4 Å². The zero-order chi connectivity index (χ0) is 23.6. The summed E-state index contributed by atoms with van der Waals surface area (Å²) in [4.78, 5) is 16.4. The number of methoxy groups -OCH3 is 1. The van der Waals surface area contributed by atoms with Gasteiger partial charge in [0.15, 0.2) is 0 Å². The standard InChI is InChI=1S/C26H32N4O3/c1-19-18-20(6-11-24(19)32-5)23-12-13-27-30(23)22-9-7-21(8-10-22)28-14-16-29(17-15-28)25(31)33-26(2,3)4/h6-13,18H,14-17H2,1-5H3. The molecule has 0 aliphatic carbocycles. The Hall–Kier alpha value is -3.48. The summed E-state index contributed by atoms with van der Waals surface area (Å²) in [7, 11) is 1.69. The van der Waals surface area contributed by atoms with E-state index < -0.39 is 5.60 Å². The summed E-state index contributed by atoms with van der Waals surface area (Å²) in [6.45, 7) is 10.6. The van der Waals surface area contributed by atoms with E-state index in [9.17, 15) is 4.79 Å². The molecule has 1 aliphatic rings. The molecule has 0 radical (unpaired) electrons. The first-order chi connectivity index (χ1) is 15.7. The van der Waals surface area contributed by atoms with Crippen LogP contribution in [0.25, 0.3) is 16.9 Å². The van der Waals surface area contributed by atoms with Crippen LogP contribution in [0.2, 0.25) is 0 Å². The molecule has 0 unspecified atom stereocenters. The Morgan fingerprint density at radius 2 is 1.61 bits per heavy atom. The topological polar surface area (TPSA) is 59.8 Å². The fourth-order valence-corrected chi connectivity index (χ4v) is 4.04. The van der Waals surface area contributed by atoms with Crippen LogP contribution in [0, 0.1) is 6.92 Å². The number of aryl methyl sites for hydroxylation is 1. The Morgan fingerprint density at radius 1 is 0.939 bits per heavy atom. The third-order valence-electron chi connectivity index (χ3n) is 5.72. The number of hydrogen-bond donors (Lipinski definition) is 0. The van der Waals surface area contributed by atoms with Crippen molar-refractivity contribution in [1.29, 1.82) is 0 Å². The molecule has 3 aromatic rings. The monoisotopic (exact) mass is 448 g/mol. The first kappa shape index (κ1) is 22.7. The van der Waals surface area contributed by atoms with Crippen molar-refractivity contribution in [3.63, 3.8) is 0 Å². The molecule has 0 atom stereocenters. The number of ether oxygens (including phenoxy) is 2. The molecule has 1 saturated heterocycles. The summed E-state index contributed by atoms with van der Waals surface area (Å²) in [5, 5.41) is 4.55. The number of amides is 1. The third-order valence-corrected chi connectivity index (χ3v) is 5.72. The van der Waals surface area contributed by atoms with Crippen molar-refractivity contribution in [3.8, 4) is 22.7 Å². The quantitative estimate of drug-likeness (QED) is 0.567. The summed E-state index contributed by atoms with van der Waals surface area (Å²) in [5.74, 6) is 0.876. The van der Waals surface area contributed by atoms with Crippen LogP contribution in [0.5, 0.6) is 5.75 Å². The van der Waals surface area contributed by atoms with Gasteiger partial charge in [-0.05, 0) is 81.8 Å². The van der Waals surface area contributed by atoms with Gasteiger partial charge in [0.1, 0.15) is 11.4 Å². The SMILES string of the molecule is COc1ccc(-c2ccnn2-c2ccc(N3CCN(C(=O)OC(C)(C)C)CC3)cc2)cc1C. The normalized spacial score (nSPS) is 14.3. The van der Waals surface area contributed by atoms with Gasteiger partial charge in [0, 0.05) is 37.4 Å². The molecule has 1 aromatic heterocycles. The van der Waals surface area contributed by atoms with E-state index >= 15 is 0 Å². The summed E-state index contributed by atoms with van der Waals surface area (Å²) in [6, 6.07) is 16.6. The lowest BCUT2D eigenvalue weighted by Gasteiger charge is -2.36. The minimum absolute atomic E-state index is 0.238. The fraction of sp³-hybridized carbons (Fsp3) is 0.385. The summed E-state index contributed by atoms with van der Waals surface area (Å²) in [6.07, 6.45) is 1.58. The lowest BCUT2D eigenvalue weighted by Crippen LogP contribution is -2.50. The van der Waals surface area contributed by atoms with Gasteiger partial charge in [-0.25, -0.2) is 9.48 Å². The van der Waals surface area contributed by atoms with Crippen molar-refractivity contribution < 1.29 is 14.3 Å². The van der Waals surface area contributed by atoms with Crippen LogP contribution in [-0.4, -0.2) is 59.7 Å². The molecular weight excluding hydrogens is 416 g/mol. The van der Waals surface area contributed by atoms with Gasteiger partial charge in [-0.1, -0.05) is 0 Å². The van der Waals surface area contributed by atoms with Gasteiger partial charge < -0.3 is 19.3 Å². The highest BCUT2D eigenvalue weighted by Crippen LogP contribution is 2.28. The van der Waals surface area contributed by atoms with Gasteiger partial charge >= 0.3 is 6.09 Å². The largest absolute Gasteiger partial charge is 0.496 e. The number of anilines is 1. The summed E-state index contributed by atoms with van der Waals surface area (Å²) < 4.78 is 12.8. The van der Waals surface area contributed by atoms with Gasteiger partial charge in [-0.15, -0.1) is 0 Å². The third kappa shape index (κ3) is 5.13. The number of benzene rings is 2. The van der Waals surface area contributed by atoms with E-state index in [1.54, 1.807) is 12.0 Å². The second-order valence-corrected chi connectivity index (χ2v) is 9.28. The number of nitrogens with zero attached hydrogens (tertiary/aromatic N) is 4. The highest BCUT2D eigenvalue weighted by Gasteiger charge is 2.26. The Morgan fingerprint density at radius 3 is 2.21 bits per heavy atom. The molecule has 4 rings (SSSR count). The van der Waals surface area contributed by atoms with Crippen LogP contribution in [0.3, 0.4) is 0 Å². The summed E-state index contributed by atoms with van der Waals surface area (Å²) in [5.41, 5.74) is 4.87. The number of carbonyl (C=O) groups is 1. The Kier molecular flexibility index (Phi) is 6.31. The smallest absolute Gasteiger partial charge is 0.410 e. The fourth-order valence-electron chi connectivity index (χ4n) is 4.04. The van der Waals surface area contributed by atoms with Gasteiger partial charge in [-0.2, -0.15) is 5.10 Å². The van der Waals surface area contributed by atoms with E-state index in [0.717, 1.165) is 47.0 Å². The number of hydrogen-bond acceptors (Lipinski definition) is 5. The van der Waals surface area contributed by atoms with Gasteiger partial charge in [0.25, 0.3) is 0 Å². The summed E-state index contributed by atoms with van der Waals surface area (Å²) >= 11 is 0. The van der Waals surface area contributed by atoms with E-state index in [1.165, 1.54) is 0 Å². The Bertz CT molecular complexity index is 1110. The van der Waals surface area contributed by atoms with Crippen LogP contribution < -0.4 is 9.64 Å². The van der Waals surface area contributed by atoms with Crippen LogP contribution in [0.15, 0.2) is 54.7 Å². The first-order valence-electron chi connectivity index (χ1n) is 11.3. The molecule has 7 nitrogen and oxygen atoms in total. The molecular formula is C26H32N4O3. The molecule has 7 heteroatoms. The second kappa shape index (κ2) is 9.17. The predicted molar refractivity (Wildman–Crippen MR) is 130 cm³/mol. The van der Waals surface area contributed by atoms with Crippen molar-refractivity contribution in [2.24, 2.45) is 0 Å². The Labute approximate surface area is 195 Å². The minimum Gasteiger partial charge on any atom is -0.496 e. The van der Waals surface area contributed by atoms with Crippen molar-refractivity contribution in [2.45, 2.75) is 33.3 Å². The number of piperazine rings is 1. The number of carbonyl (C=O) groups excluding carboxylic acids is 1. The molecule has 2 aromatic carbocycles. The molecule has 1 amide bonds.